The molecule has 1 aromatic rings. The van der Waals surface area contributed by atoms with E-state index < -0.39 is 0 Å². The Balaban J connectivity index is 2.11. The summed E-state index contributed by atoms with van der Waals surface area (Å²) in [5.41, 5.74) is 7.70. The Hall–Kier alpha value is -1.91. The minimum atomic E-state index is 0.0143. The van der Waals surface area contributed by atoms with Gasteiger partial charge >= 0.3 is 0 Å². The van der Waals surface area contributed by atoms with Crippen LogP contribution in [0.1, 0.15) is 13.3 Å². The van der Waals surface area contributed by atoms with Crippen LogP contribution in [0.2, 0.25) is 0 Å². The fourth-order valence-electron chi connectivity index (χ4n) is 2.31. The van der Waals surface area contributed by atoms with Gasteiger partial charge in [-0.1, -0.05) is 0 Å². The molecule has 1 saturated heterocycles. The Kier molecular flexibility index (Phi) is 3.60. The molecule has 0 bridgehead atoms. The fraction of sp³-hybridized carbons (Fsp3) is 0.462. The molecule has 2 rings (SSSR count). The van der Waals surface area contributed by atoms with Crippen molar-refractivity contribution in [2.24, 2.45) is 0 Å². The number of hydrogen-bond donors (Lipinski definition) is 2. The quantitative estimate of drug-likeness (QED) is 0.784. The van der Waals surface area contributed by atoms with Gasteiger partial charge in [-0.3, -0.25) is 4.79 Å². The van der Waals surface area contributed by atoms with Crippen LogP contribution in [0, 0.1) is 0 Å². The smallest absolute Gasteiger partial charge is 0.217 e. The number of carbonyl (C=O) groups is 1. The van der Waals surface area contributed by atoms with Crippen molar-refractivity contribution < 1.29 is 9.53 Å². The zero-order valence-electron chi connectivity index (χ0n) is 10.8. The lowest BCUT2D eigenvalue weighted by Crippen LogP contribution is -2.35. The SMILES string of the molecule is COc1ccc(N)c(N2CCC(NC(C)=O)C2)c1. The van der Waals surface area contributed by atoms with Crippen molar-refractivity contribution in [2.75, 3.05) is 30.8 Å². The van der Waals surface area contributed by atoms with Crippen LogP contribution in [0.15, 0.2) is 18.2 Å². The predicted molar refractivity (Wildman–Crippen MR) is 71.8 cm³/mol. The van der Waals surface area contributed by atoms with E-state index in [0.29, 0.717) is 0 Å². The summed E-state index contributed by atoms with van der Waals surface area (Å²) < 4.78 is 5.21. The van der Waals surface area contributed by atoms with Gasteiger partial charge in [0, 0.05) is 32.1 Å². The Labute approximate surface area is 107 Å². The molecule has 5 nitrogen and oxygen atoms in total. The first-order valence-corrected chi connectivity index (χ1v) is 6.05. The topological polar surface area (TPSA) is 67.6 Å². The molecule has 1 amide bonds. The highest BCUT2D eigenvalue weighted by Crippen LogP contribution is 2.30. The monoisotopic (exact) mass is 249 g/mol. The lowest BCUT2D eigenvalue weighted by Gasteiger charge is -2.21. The van der Waals surface area contributed by atoms with E-state index in [4.69, 9.17) is 10.5 Å². The van der Waals surface area contributed by atoms with Crippen molar-refractivity contribution in [3.8, 4) is 5.75 Å². The maximum absolute atomic E-state index is 11.0. The van der Waals surface area contributed by atoms with Crippen LogP contribution in [0.4, 0.5) is 11.4 Å². The Morgan fingerprint density at radius 1 is 1.56 bits per heavy atom. The van der Waals surface area contributed by atoms with E-state index >= 15 is 0 Å². The average Bonchev–Trinajstić information content (AvgIpc) is 2.77. The molecule has 0 aromatic heterocycles. The second-order valence-electron chi connectivity index (χ2n) is 4.56. The minimum absolute atomic E-state index is 0.0143. The molecule has 1 heterocycles. The first-order valence-electron chi connectivity index (χ1n) is 6.05. The Morgan fingerprint density at radius 2 is 2.33 bits per heavy atom. The number of nitrogen functional groups attached to an aromatic ring is 1. The van der Waals surface area contributed by atoms with Crippen LogP contribution in [0.25, 0.3) is 0 Å². The molecule has 1 aliphatic heterocycles. The zero-order valence-corrected chi connectivity index (χ0v) is 10.8. The standard InChI is InChI=1S/C13H19N3O2/c1-9(17)15-10-5-6-16(8-10)13-7-11(18-2)3-4-12(13)14/h3-4,7,10H,5-6,8,14H2,1-2H3,(H,15,17). The first kappa shape index (κ1) is 12.5. The highest BCUT2D eigenvalue weighted by Gasteiger charge is 2.24. The van der Waals surface area contributed by atoms with Crippen molar-refractivity contribution in [1.82, 2.24) is 5.32 Å². The maximum Gasteiger partial charge on any atom is 0.217 e. The minimum Gasteiger partial charge on any atom is -0.497 e. The van der Waals surface area contributed by atoms with Crippen LogP contribution in [0.3, 0.4) is 0 Å². The molecule has 1 atom stereocenters. The third-order valence-electron chi connectivity index (χ3n) is 3.17. The van der Waals surface area contributed by atoms with Crippen LogP contribution in [0.5, 0.6) is 5.75 Å². The fourth-order valence-corrected chi connectivity index (χ4v) is 2.31. The van der Waals surface area contributed by atoms with E-state index in [2.05, 4.69) is 10.2 Å². The molecule has 1 fully saturated rings. The Bertz CT molecular complexity index is 448. The molecule has 18 heavy (non-hydrogen) atoms. The van der Waals surface area contributed by atoms with Crippen LogP contribution in [-0.2, 0) is 4.79 Å². The van der Waals surface area contributed by atoms with E-state index in [9.17, 15) is 4.79 Å². The molecular formula is C13H19N3O2. The predicted octanol–water partition coefficient (Wildman–Crippen LogP) is 0.992. The number of anilines is 2. The summed E-state index contributed by atoms with van der Waals surface area (Å²) in [6.07, 6.45) is 0.941. The molecule has 0 radical (unpaired) electrons. The number of ether oxygens (including phenoxy) is 1. The van der Waals surface area contributed by atoms with Gasteiger partial charge in [-0.05, 0) is 18.6 Å². The molecular weight excluding hydrogens is 230 g/mol. The first-order chi connectivity index (χ1) is 8.60. The van der Waals surface area contributed by atoms with Gasteiger partial charge in [-0.15, -0.1) is 0 Å². The molecule has 1 aliphatic rings. The van der Waals surface area contributed by atoms with Gasteiger partial charge in [-0.2, -0.15) is 0 Å². The van der Waals surface area contributed by atoms with Gasteiger partial charge in [0.15, 0.2) is 0 Å². The second kappa shape index (κ2) is 5.16. The van der Waals surface area contributed by atoms with Gasteiger partial charge in [0.05, 0.1) is 18.5 Å². The van der Waals surface area contributed by atoms with E-state index in [1.54, 1.807) is 14.0 Å². The summed E-state index contributed by atoms with van der Waals surface area (Å²) in [5, 5.41) is 2.94. The second-order valence-corrected chi connectivity index (χ2v) is 4.56. The van der Waals surface area contributed by atoms with Crippen molar-refractivity contribution in [3.05, 3.63) is 18.2 Å². The van der Waals surface area contributed by atoms with E-state index in [1.165, 1.54) is 0 Å². The van der Waals surface area contributed by atoms with Gasteiger partial charge < -0.3 is 20.7 Å². The molecule has 0 spiro atoms. The summed E-state index contributed by atoms with van der Waals surface area (Å²) in [6, 6.07) is 5.83. The number of carbonyl (C=O) groups excluding carboxylic acids is 1. The summed E-state index contributed by atoms with van der Waals surface area (Å²) in [6.45, 7) is 3.22. The van der Waals surface area contributed by atoms with Crippen molar-refractivity contribution in [2.45, 2.75) is 19.4 Å². The molecule has 3 N–H and O–H groups in total. The number of amides is 1. The van der Waals surface area contributed by atoms with Crippen LogP contribution >= 0.6 is 0 Å². The molecule has 1 aromatic carbocycles. The van der Waals surface area contributed by atoms with Crippen molar-refractivity contribution >= 4 is 17.3 Å². The lowest BCUT2D eigenvalue weighted by molar-refractivity contribution is -0.119. The highest BCUT2D eigenvalue weighted by atomic mass is 16.5. The number of rotatable bonds is 3. The van der Waals surface area contributed by atoms with Gasteiger partial charge in [-0.25, -0.2) is 0 Å². The summed E-state index contributed by atoms with van der Waals surface area (Å²) in [7, 11) is 1.64. The maximum atomic E-state index is 11.0. The lowest BCUT2D eigenvalue weighted by atomic mass is 10.2. The summed E-state index contributed by atoms with van der Waals surface area (Å²) >= 11 is 0. The highest BCUT2D eigenvalue weighted by molar-refractivity contribution is 5.74. The molecule has 1 unspecified atom stereocenters. The number of nitrogens with zero attached hydrogens (tertiary/aromatic N) is 1. The summed E-state index contributed by atoms with van der Waals surface area (Å²) in [4.78, 5) is 13.2. The van der Waals surface area contributed by atoms with Crippen LogP contribution in [-0.4, -0.2) is 32.1 Å². The number of nitrogens with two attached hydrogens (primary N) is 1. The normalized spacial score (nSPS) is 18.8. The van der Waals surface area contributed by atoms with Crippen molar-refractivity contribution in [1.29, 1.82) is 0 Å². The number of methoxy groups -OCH3 is 1. The number of hydrogen-bond acceptors (Lipinski definition) is 4. The van der Waals surface area contributed by atoms with E-state index in [0.717, 1.165) is 36.6 Å². The molecule has 0 saturated carbocycles. The average molecular weight is 249 g/mol. The third kappa shape index (κ3) is 2.67. The van der Waals surface area contributed by atoms with Gasteiger partial charge in [0.25, 0.3) is 0 Å². The molecule has 0 aliphatic carbocycles. The third-order valence-corrected chi connectivity index (χ3v) is 3.17. The zero-order chi connectivity index (χ0) is 13.1. The van der Waals surface area contributed by atoms with Gasteiger partial charge in [0.1, 0.15) is 5.75 Å². The molecule has 98 valence electrons. The van der Waals surface area contributed by atoms with E-state index in [-0.39, 0.29) is 11.9 Å². The van der Waals surface area contributed by atoms with Gasteiger partial charge in [0.2, 0.25) is 5.91 Å². The Morgan fingerprint density at radius 3 is 3.00 bits per heavy atom. The van der Waals surface area contributed by atoms with E-state index in [1.807, 2.05) is 18.2 Å². The summed E-state index contributed by atoms with van der Waals surface area (Å²) in [5.74, 6) is 0.808. The largest absolute Gasteiger partial charge is 0.497 e. The van der Waals surface area contributed by atoms with Crippen molar-refractivity contribution in [3.63, 3.8) is 0 Å². The number of nitrogens with one attached hydrogen (secondary N) is 1. The van der Waals surface area contributed by atoms with Crippen LogP contribution < -0.4 is 20.7 Å². The number of benzene rings is 1. The molecule has 5 heteroatoms.